The van der Waals surface area contributed by atoms with Gasteiger partial charge in [0.15, 0.2) is 27.3 Å². The lowest BCUT2D eigenvalue weighted by atomic mass is 10.1. The maximum atomic E-state index is 13.9. The topological polar surface area (TPSA) is 46.2 Å². The van der Waals surface area contributed by atoms with Gasteiger partial charge in [-0.1, -0.05) is 0 Å². The van der Waals surface area contributed by atoms with Crippen LogP contribution in [-0.4, -0.2) is 26.4 Å². The van der Waals surface area contributed by atoms with Gasteiger partial charge in [0, 0.05) is 5.56 Å². The summed E-state index contributed by atoms with van der Waals surface area (Å²) in [5, 5.41) is 0.402. The van der Waals surface area contributed by atoms with Crippen LogP contribution in [0.4, 0.5) is 32.0 Å². The Kier molecular flexibility index (Phi) is 5.05. The molecule has 10 heteroatoms. The molecule has 22 heavy (non-hydrogen) atoms. The normalized spacial score (nSPS) is 12.8. The number of halogens is 6. The summed E-state index contributed by atoms with van der Waals surface area (Å²) < 4.78 is 102. The molecule has 0 atom stereocenters. The van der Waals surface area contributed by atoms with Crippen LogP contribution in [0.25, 0.3) is 0 Å². The molecule has 0 aliphatic rings. The highest BCUT2D eigenvalue weighted by molar-refractivity contribution is 7.92. The largest absolute Gasteiger partial charge is 0.405 e. The molecule has 1 aromatic carbocycles. The molecular weight excluding hydrogens is 336 g/mol. The summed E-state index contributed by atoms with van der Waals surface area (Å²) >= 11 is 0. The quantitative estimate of drug-likeness (QED) is 0.514. The fourth-order valence-electron chi connectivity index (χ4n) is 1.65. The van der Waals surface area contributed by atoms with E-state index in [4.69, 9.17) is 0 Å². The van der Waals surface area contributed by atoms with E-state index in [1.807, 2.05) is 0 Å². The van der Waals surface area contributed by atoms with E-state index in [1.54, 1.807) is 5.32 Å². The van der Waals surface area contributed by atoms with Gasteiger partial charge in [-0.05, 0) is 20.8 Å². The molecule has 0 saturated carbocycles. The molecule has 0 unspecified atom stereocenters. The predicted molar refractivity (Wildman–Crippen MR) is 67.9 cm³/mol. The lowest BCUT2D eigenvalue weighted by Gasteiger charge is -2.19. The van der Waals surface area contributed by atoms with E-state index in [1.165, 1.54) is 0 Å². The first-order chi connectivity index (χ1) is 9.80. The van der Waals surface area contributed by atoms with Crippen LogP contribution in [0.15, 0.2) is 4.90 Å². The lowest BCUT2D eigenvalue weighted by molar-refractivity contribution is -0.115. The number of hydrogen-bond donors (Lipinski definition) is 1. The zero-order valence-electron chi connectivity index (χ0n) is 11.8. The predicted octanol–water partition coefficient (Wildman–Crippen LogP) is 3.57. The fraction of sp³-hybridized carbons (Fsp3) is 0.500. The highest BCUT2D eigenvalue weighted by Gasteiger charge is 2.35. The van der Waals surface area contributed by atoms with Crippen LogP contribution in [0.1, 0.15) is 19.4 Å². The average Bonchev–Trinajstić information content (AvgIpc) is 2.37. The van der Waals surface area contributed by atoms with Crippen molar-refractivity contribution in [2.45, 2.75) is 37.1 Å². The lowest BCUT2D eigenvalue weighted by Crippen LogP contribution is -2.25. The maximum absolute atomic E-state index is 13.9. The van der Waals surface area contributed by atoms with E-state index in [0.717, 1.165) is 20.8 Å². The Morgan fingerprint density at radius 2 is 1.55 bits per heavy atom. The minimum Gasteiger partial charge on any atom is -0.375 e. The van der Waals surface area contributed by atoms with Gasteiger partial charge in [-0.2, -0.15) is 13.2 Å². The first kappa shape index (κ1) is 18.6. The zero-order chi connectivity index (χ0) is 17.5. The summed E-state index contributed by atoms with van der Waals surface area (Å²) in [6.45, 7) is 1.41. The first-order valence-electron chi connectivity index (χ1n) is 6.02. The molecule has 0 aromatic heterocycles. The van der Waals surface area contributed by atoms with E-state index in [0.29, 0.717) is 0 Å². The molecule has 126 valence electrons. The number of rotatable bonds is 4. The number of alkyl halides is 3. The van der Waals surface area contributed by atoms with Crippen molar-refractivity contribution >= 4 is 15.5 Å². The average molecular weight is 349 g/mol. The fourth-order valence-corrected chi connectivity index (χ4v) is 2.98. The maximum Gasteiger partial charge on any atom is 0.405 e. The number of anilines is 1. The Morgan fingerprint density at radius 1 is 1.05 bits per heavy atom. The van der Waals surface area contributed by atoms with Crippen LogP contribution in [-0.2, 0) is 9.84 Å². The van der Waals surface area contributed by atoms with E-state index >= 15 is 0 Å². The Hall–Kier alpha value is -1.45. The van der Waals surface area contributed by atoms with E-state index in [2.05, 4.69) is 0 Å². The first-order valence-corrected chi connectivity index (χ1v) is 7.57. The van der Waals surface area contributed by atoms with E-state index in [9.17, 15) is 34.8 Å². The summed E-state index contributed by atoms with van der Waals surface area (Å²) in [4.78, 5) is -1.30. The van der Waals surface area contributed by atoms with Crippen LogP contribution in [0.3, 0.4) is 0 Å². The van der Waals surface area contributed by atoms with Gasteiger partial charge >= 0.3 is 6.18 Å². The van der Waals surface area contributed by atoms with E-state index < -0.39 is 61.4 Å². The third kappa shape index (κ3) is 3.47. The molecule has 3 nitrogen and oxygen atoms in total. The van der Waals surface area contributed by atoms with Gasteiger partial charge in [0.05, 0.1) is 10.9 Å². The van der Waals surface area contributed by atoms with Crippen molar-refractivity contribution in [2.24, 2.45) is 0 Å². The van der Waals surface area contributed by atoms with Gasteiger partial charge in [0.25, 0.3) is 0 Å². The molecule has 0 bridgehead atoms. The molecule has 0 amide bonds. The van der Waals surface area contributed by atoms with Crippen molar-refractivity contribution < 1.29 is 34.8 Å². The minimum absolute atomic E-state index is 0.748. The number of sulfone groups is 1. The molecule has 1 rings (SSSR count). The molecule has 1 N–H and O–H groups in total. The van der Waals surface area contributed by atoms with Crippen LogP contribution >= 0.6 is 0 Å². The minimum atomic E-state index is -4.76. The van der Waals surface area contributed by atoms with Crippen LogP contribution in [0, 0.1) is 24.4 Å². The summed E-state index contributed by atoms with van der Waals surface area (Å²) in [5.74, 6) is -5.83. The second-order valence-corrected chi connectivity index (χ2v) is 7.27. The van der Waals surface area contributed by atoms with Crippen LogP contribution in [0.5, 0.6) is 0 Å². The molecule has 0 spiro atoms. The third-order valence-electron chi connectivity index (χ3n) is 2.89. The Balaban J connectivity index is 3.66. The molecule has 1 aromatic rings. The highest BCUT2D eigenvalue weighted by Crippen LogP contribution is 2.35. The summed E-state index contributed by atoms with van der Waals surface area (Å²) in [5.41, 5.74) is -1.68. The molecule has 0 saturated heterocycles. The van der Waals surface area contributed by atoms with Gasteiger partial charge in [0.2, 0.25) is 0 Å². The molecule has 0 radical (unpaired) electrons. The molecule has 0 heterocycles. The van der Waals surface area contributed by atoms with Crippen molar-refractivity contribution in [2.75, 3.05) is 11.9 Å². The highest BCUT2D eigenvalue weighted by atomic mass is 32.2. The SMILES string of the molecule is Cc1c(F)c(F)c(F)c(S(=O)(=O)C(C)C)c1NCC(F)(F)F. The summed E-state index contributed by atoms with van der Waals surface area (Å²) in [7, 11) is -4.48. The second-order valence-electron chi connectivity index (χ2n) is 4.83. The van der Waals surface area contributed by atoms with Crippen molar-refractivity contribution in [1.29, 1.82) is 0 Å². The van der Waals surface area contributed by atoms with Gasteiger partial charge < -0.3 is 5.32 Å². The van der Waals surface area contributed by atoms with E-state index in [-0.39, 0.29) is 0 Å². The zero-order valence-corrected chi connectivity index (χ0v) is 12.6. The van der Waals surface area contributed by atoms with Crippen molar-refractivity contribution in [3.8, 4) is 0 Å². The molecular formula is C12H13F6NO2S. The molecule has 0 aliphatic carbocycles. The Labute approximate surface area is 123 Å². The van der Waals surface area contributed by atoms with Crippen LogP contribution in [0.2, 0.25) is 0 Å². The van der Waals surface area contributed by atoms with Crippen molar-refractivity contribution in [1.82, 2.24) is 0 Å². The van der Waals surface area contributed by atoms with Gasteiger partial charge in [-0.25, -0.2) is 21.6 Å². The second kappa shape index (κ2) is 5.98. The number of nitrogens with one attached hydrogen (secondary N) is 1. The number of hydrogen-bond acceptors (Lipinski definition) is 3. The third-order valence-corrected chi connectivity index (χ3v) is 5.08. The Morgan fingerprint density at radius 3 is 1.95 bits per heavy atom. The summed E-state index contributed by atoms with van der Waals surface area (Å²) in [6.07, 6.45) is -4.76. The molecule has 0 aliphatic heterocycles. The van der Waals surface area contributed by atoms with Crippen LogP contribution < -0.4 is 5.32 Å². The van der Waals surface area contributed by atoms with Gasteiger partial charge in [-0.15, -0.1) is 0 Å². The van der Waals surface area contributed by atoms with Crippen molar-refractivity contribution in [3.05, 3.63) is 23.0 Å². The summed E-state index contributed by atoms with van der Waals surface area (Å²) in [6, 6.07) is 0. The smallest absolute Gasteiger partial charge is 0.375 e. The standard InChI is InChI=1S/C12H13F6NO2S/c1-5(2)22(20,21)11-9(15)8(14)7(13)6(3)10(11)19-4-12(16,17)18/h5,19H,4H2,1-3H3. The number of benzene rings is 1. The van der Waals surface area contributed by atoms with Gasteiger partial charge in [0.1, 0.15) is 11.4 Å². The van der Waals surface area contributed by atoms with Crippen molar-refractivity contribution in [3.63, 3.8) is 0 Å². The molecule has 0 fully saturated rings. The Bertz CT molecular complexity index is 682. The van der Waals surface area contributed by atoms with Gasteiger partial charge in [-0.3, -0.25) is 0 Å². The monoisotopic (exact) mass is 349 g/mol.